The van der Waals surface area contributed by atoms with E-state index in [0.717, 1.165) is 19.3 Å². The zero-order valence-electron chi connectivity index (χ0n) is 11.6. The van der Waals surface area contributed by atoms with E-state index < -0.39 is 16.3 Å². The summed E-state index contributed by atoms with van der Waals surface area (Å²) in [5, 5.41) is 0. The highest BCUT2D eigenvalue weighted by Crippen LogP contribution is 2.32. The van der Waals surface area contributed by atoms with Gasteiger partial charge in [0.1, 0.15) is 0 Å². The molecule has 2 aliphatic heterocycles. The molecule has 2 fully saturated rings. The molecule has 7 heteroatoms. The molecule has 0 aliphatic carbocycles. The van der Waals surface area contributed by atoms with Crippen molar-refractivity contribution in [3.8, 4) is 0 Å². The van der Waals surface area contributed by atoms with E-state index >= 15 is 0 Å². The molecular weight excluding hydrogens is 358 g/mol. The molecule has 2 heterocycles. The SMILES string of the molecule is O=S(=O)(c1ccccc1Br)N1CCCCC1C1OCCO1. The summed E-state index contributed by atoms with van der Waals surface area (Å²) in [5.74, 6) is 0. The molecule has 2 aliphatic rings. The first-order chi connectivity index (χ1) is 10.1. The van der Waals surface area contributed by atoms with Gasteiger partial charge < -0.3 is 9.47 Å². The van der Waals surface area contributed by atoms with Crippen LogP contribution in [0.1, 0.15) is 19.3 Å². The predicted molar refractivity (Wildman–Crippen MR) is 81.4 cm³/mol. The number of ether oxygens (including phenoxy) is 2. The first-order valence-electron chi connectivity index (χ1n) is 7.10. The number of piperidine rings is 1. The summed E-state index contributed by atoms with van der Waals surface area (Å²) < 4.78 is 39.1. The van der Waals surface area contributed by atoms with Crippen LogP contribution in [0.5, 0.6) is 0 Å². The first kappa shape index (κ1) is 15.4. The smallest absolute Gasteiger partial charge is 0.244 e. The molecule has 0 spiro atoms. The summed E-state index contributed by atoms with van der Waals surface area (Å²) in [6.07, 6.45) is 2.19. The third-order valence-corrected chi connectivity index (χ3v) is 6.82. The molecule has 0 N–H and O–H groups in total. The third-order valence-electron chi connectivity index (χ3n) is 3.88. The standard InChI is InChI=1S/C14H18BrNO4S/c15-11-5-1-2-7-13(11)21(17,18)16-8-4-3-6-12(16)14-19-9-10-20-14/h1-2,5,7,12,14H,3-4,6,8-10H2. The molecule has 1 unspecified atom stereocenters. The highest BCUT2D eigenvalue weighted by Gasteiger charge is 2.40. The van der Waals surface area contributed by atoms with Crippen molar-refractivity contribution in [1.29, 1.82) is 0 Å². The Labute approximate surface area is 133 Å². The van der Waals surface area contributed by atoms with E-state index in [1.807, 2.05) is 0 Å². The first-order valence-corrected chi connectivity index (χ1v) is 9.33. The monoisotopic (exact) mass is 375 g/mol. The third kappa shape index (κ3) is 3.03. The van der Waals surface area contributed by atoms with Crippen LogP contribution in [0.25, 0.3) is 0 Å². The van der Waals surface area contributed by atoms with E-state index in [-0.39, 0.29) is 6.04 Å². The van der Waals surface area contributed by atoms with Crippen LogP contribution in [0.4, 0.5) is 0 Å². The van der Waals surface area contributed by atoms with Gasteiger partial charge in [0.15, 0.2) is 6.29 Å². The molecule has 116 valence electrons. The second kappa shape index (κ2) is 6.34. The van der Waals surface area contributed by atoms with E-state index in [2.05, 4.69) is 15.9 Å². The molecule has 3 rings (SSSR count). The Hall–Kier alpha value is -0.470. The molecule has 5 nitrogen and oxygen atoms in total. The van der Waals surface area contributed by atoms with Gasteiger partial charge in [-0.15, -0.1) is 0 Å². The Morgan fingerprint density at radius 2 is 1.86 bits per heavy atom. The number of hydrogen-bond donors (Lipinski definition) is 0. The number of nitrogens with zero attached hydrogens (tertiary/aromatic N) is 1. The molecule has 0 amide bonds. The Bertz CT molecular complexity index is 601. The largest absolute Gasteiger partial charge is 0.349 e. The Morgan fingerprint density at radius 1 is 1.14 bits per heavy atom. The van der Waals surface area contributed by atoms with Gasteiger partial charge >= 0.3 is 0 Å². The van der Waals surface area contributed by atoms with Crippen molar-refractivity contribution in [2.24, 2.45) is 0 Å². The number of rotatable bonds is 3. The molecule has 2 saturated heterocycles. The van der Waals surface area contributed by atoms with Crippen molar-refractivity contribution in [3.63, 3.8) is 0 Å². The van der Waals surface area contributed by atoms with E-state index in [1.165, 1.54) is 0 Å². The fourth-order valence-corrected chi connectivity index (χ4v) is 5.53. The highest BCUT2D eigenvalue weighted by atomic mass is 79.9. The summed E-state index contributed by atoms with van der Waals surface area (Å²) in [7, 11) is -3.55. The highest BCUT2D eigenvalue weighted by molar-refractivity contribution is 9.10. The lowest BCUT2D eigenvalue weighted by Crippen LogP contribution is -2.50. The summed E-state index contributed by atoms with van der Waals surface area (Å²) in [4.78, 5) is 0.301. The molecule has 0 radical (unpaired) electrons. The van der Waals surface area contributed by atoms with Crippen LogP contribution in [-0.4, -0.2) is 44.8 Å². The maximum Gasteiger partial charge on any atom is 0.244 e. The van der Waals surface area contributed by atoms with E-state index in [4.69, 9.17) is 9.47 Å². The fraction of sp³-hybridized carbons (Fsp3) is 0.571. The molecule has 1 aromatic rings. The van der Waals surface area contributed by atoms with E-state index in [0.29, 0.717) is 29.1 Å². The lowest BCUT2D eigenvalue weighted by molar-refractivity contribution is -0.0913. The van der Waals surface area contributed by atoms with Gasteiger partial charge in [-0.3, -0.25) is 0 Å². The van der Waals surface area contributed by atoms with Crippen molar-refractivity contribution >= 4 is 26.0 Å². The van der Waals surface area contributed by atoms with Crippen LogP contribution in [-0.2, 0) is 19.5 Å². The van der Waals surface area contributed by atoms with Gasteiger partial charge in [-0.2, -0.15) is 4.31 Å². The van der Waals surface area contributed by atoms with Crippen molar-refractivity contribution in [3.05, 3.63) is 28.7 Å². The summed E-state index contributed by atoms with van der Waals surface area (Å²) >= 11 is 3.33. The van der Waals surface area contributed by atoms with Crippen LogP contribution in [0, 0.1) is 0 Å². The topological polar surface area (TPSA) is 55.8 Å². The molecule has 1 atom stereocenters. The van der Waals surface area contributed by atoms with E-state index in [9.17, 15) is 8.42 Å². The second-order valence-electron chi connectivity index (χ2n) is 5.22. The lowest BCUT2D eigenvalue weighted by Gasteiger charge is -2.37. The van der Waals surface area contributed by atoms with Crippen molar-refractivity contribution in [1.82, 2.24) is 4.31 Å². The number of hydrogen-bond acceptors (Lipinski definition) is 4. The zero-order chi connectivity index (χ0) is 14.9. The summed E-state index contributed by atoms with van der Waals surface area (Å²) in [6.45, 7) is 1.58. The Morgan fingerprint density at radius 3 is 2.57 bits per heavy atom. The van der Waals surface area contributed by atoms with Crippen LogP contribution in [0.3, 0.4) is 0 Å². The Kier molecular flexibility index (Phi) is 4.66. The molecule has 1 aromatic carbocycles. The molecule has 0 saturated carbocycles. The minimum atomic E-state index is -3.55. The van der Waals surface area contributed by atoms with Crippen LogP contribution >= 0.6 is 15.9 Å². The maximum absolute atomic E-state index is 13.0. The quantitative estimate of drug-likeness (QED) is 0.813. The number of sulfonamides is 1. The minimum absolute atomic E-state index is 0.238. The maximum atomic E-state index is 13.0. The zero-order valence-corrected chi connectivity index (χ0v) is 14.0. The van der Waals surface area contributed by atoms with E-state index in [1.54, 1.807) is 28.6 Å². The van der Waals surface area contributed by atoms with Gasteiger partial charge in [-0.25, -0.2) is 8.42 Å². The van der Waals surface area contributed by atoms with Gasteiger partial charge in [0, 0.05) is 11.0 Å². The summed E-state index contributed by atoms with van der Waals surface area (Å²) in [6, 6.07) is 6.67. The predicted octanol–water partition coefficient (Wildman–Crippen LogP) is 2.37. The van der Waals surface area contributed by atoms with Gasteiger partial charge in [-0.05, 0) is 40.9 Å². The molecule has 21 heavy (non-hydrogen) atoms. The van der Waals surface area contributed by atoms with Crippen LogP contribution in [0.15, 0.2) is 33.6 Å². The number of benzene rings is 1. The van der Waals surface area contributed by atoms with Crippen molar-refractivity contribution in [2.75, 3.05) is 19.8 Å². The normalized spacial score (nSPS) is 25.3. The van der Waals surface area contributed by atoms with Crippen LogP contribution in [0.2, 0.25) is 0 Å². The number of halogens is 1. The van der Waals surface area contributed by atoms with Gasteiger partial charge in [-0.1, -0.05) is 18.6 Å². The van der Waals surface area contributed by atoms with Gasteiger partial charge in [0.05, 0.1) is 24.2 Å². The van der Waals surface area contributed by atoms with Gasteiger partial charge in [0.25, 0.3) is 0 Å². The van der Waals surface area contributed by atoms with Crippen LogP contribution < -0.4 is 0 Å². The molecule has 0 bridgehead atoms. The molecular formula is C14H18BrNO4S. The fourth-order valence-electron chi connectivity index (χ4n) is 2.88. The average Bonchev–Trinajstić information content (AvgIpc) is 3.01. The Balaban J connectivity index is 1.93. The second-order valence-corrected chi connectivity index (χ2v) is 7.93. The lowest BCUT2D eigenvalue weighted by atomic mass is 10.0. The average molecular weight is 376 g/mol. The van der Waals surface area contributed by atoms with Gasteiger partial charge in [0.2, 0.25) is 10.0 Å². The summed E-state index contributed by atoms with van der Waals surface area (Å²) in [5.41, 5.74) is 0. The van der Waals surface area contributed by atoms with Crippen molar-refractivity contribution < 1.29 is 17.9 Å². The minimum Gasteiger partial charge on any atom is -0.349 e. The molecule has 0 aromatic heterocycles. The van der Waals surface area contributed by atoms with Crippen molar-refractivity contribution in [2.45, 2.75) is 36.5 Å².